The van der Waals surface area contributed by atoms with Gasteiger partial charge in [0, 0.05) is 5.69 Å². The third-order valence-corrected chi connectivity index (χ3v) is 4.24. The van der Waals surface area contributed by atoms with Gasteiger partial charge in [-0.15, -0.1) is 0 Å². The molecule has 4 nitrogen and oxygen atoms in total. The van der Waals surface area contributed by atoms with Crippen LogP contribution in [0.15, 0.2) is 54.6 Å². The SMILES string of the molecule is CC(Cc1ccc(NC(=O)C(C)(C)c2ccccc2)cc1)C(=O)O. The summed E-state index contributed by atoms with van der Waals surface area (Å²) in [5, 5.41) is 11.9. The molecule has 0 saturated carbocycles. The molecule has 1 unspecified atom stereocenters. The fraction of sp³-hybridized carbons (Fsp3) is 0.300. The van der Waals surface area contributed by atoms with Gasteiger partial charge in [-0.1, -0.05) is 49.4 Å². The average Bonchev–Trinajstić information content (AvgIpc) is 2.57. The van der Waals surface area contributed by atoms with Gasteiger partial charge in [0.05, 0.1) is 11.3 Å². The van der Waals surface area contributed by atoms with Crippen molar-refractivity contribution in [2.75, 3.05) is 5.32 Å². The Morgan fingerprint density at radius 2 is 1.62 bits per heavy atom. The first kappa shape index (κ1) is 17.7. The standard InChI is InChI=1S/C20H23NO3/c1-14(18(22)23)13-15-9-11-17(12-10-15)21-19(24)20(2,3)16-7-5-4-6-8-16/h4-12,14H,13H2,1-3H3,(H,21,24)(H,22,23). The van der Waals surface area contributed by atoms with Crippen molar-refractivity contribution in [3.05, 3.63) is 65.7 Å². The zero-order valence-corrected chi connectivity index (χ0v) is 14.2. The number of carbonyl (C=O) groups excluding carboxylic acids is 1. The summed E-state index contributed by atoms with van der Waals surface area (Å²) < 4.78 is 0. The molecule has 0 aliphatic heterocycles. The van der Waals surface area contributed by atoms with Crippen molar-refractivity contribution < 1.29 is 14.7 Å². The van der Waals surface area contributed by atoms with E-state index in [1.807, 2.05) is 68.4 Å². The molecule has 0 fully saturated rings. The number of anilines is 1. The molecule has 2 aromatic carbocycles. The molecule has 2 N–H and O–H groups in total. The smallest absolute Gasteiger partial charge is 0.306 e. The number of carboxylic acids is 1. The summed E-state index contributed by atoms with van der Waals surface area (Å²) in [6, 6.07) is 17.0. The van der Waals surface area contributed by atoms with Crippen LogP contribution in [0.5, 0.6) is 0 Å². The molecule has 0 aliphatic rings. The van der Waals surface area contributed by atoms with E-state index in [1.165, 1.54) is 0 Å². The van der Waals surface area contributed by atoms with Crippen LogP contribution in [0, 0.1) is 5.92 Å². The van der Waals surface area contributed by atoms with Gasteiger partial charge in [0.2, 0.25) is 5.91 Å². The number of hydrogen-bond acceptors (Lipinski definition) is 2. The van der Waals surface area contributed by atoms with Gasteiger partial charge in [0.1, 0.15) is 0 Å². The molecular weight excluding hydrogens is 302 g/mol. The van der Waals surface area contributed by atoms with Crippen LogP contribution in [0.1, 0.15) is 31.9 Å². The first-order valence-corrected chi connectivity index (χ1v) is 7.99. The second-order valence-corrected chi connectivity index (χ2v) is 6.59. The zero-order chi connectivity index (χ0) is 17.7. The van der Waals surface area contributed by atoms with Crippen molar-refractivity contribution in [1.82, 2.24) is 0 Å². The second-order valence-electron chi connectivity index (χ2n) is 6.59. The summed E-state index contributed by atoms with van der Waals surface area (Å²) in [6.45, 7) is 5.46. The van der Waals surface area contributed by atoms with Crippen molar-refractivity contribution in [3.8, 4) is 0 Å². The highest BCUT2D eigenvalue weighted by molar-refractivity contribution is 5.98. The molecule has 0 radical (unpaired) electrons. The molecule has 4 heteroatoms. The van der Waals surface area contributed by atoms with Crippen molar-refractivity contribution in [2.45, 2.75) is 32.6 Å². The van der Waals surface area contributed by atoms with Gasteiger partial charge >= 0.3 is 5.97 Å². The summed E-state index contributed by atoms with van der Waals surface area (Å²) in [5.74, 6) is -1.32. The Kier molecular flexibility index (Phi) is 5.39. The van der Waals surface area contributed by atoms with E-state index in [4.69, 9.17) is 5.11 Å². The van der Waals surface area contributed by atoms with Gasteiger partial charge in [0.25, 0.3) is 0 Å². The lowest BCUT2D eigenvalue weighted by atomic mass is 9.83. The van der Waals surface area contributed by atoms with Gasteiger partial charge in [0.15, 0.2) is 0 Å². The minimum absolute atomic E-state index is 0.0830. The minimum atomic E-state index is -0.808. The fourth-order valence-corrected chi connectivity index (χ4v) is 2.44. The van der Waals surface area contributed by atoms with E-state index in [0.29, 0.717) is 12.1 Å². The van der Waals surface area contributed by atoms with Crippen LogP contribution in [-0.2, 0) is 21.4 Å². The van der Waals surface area contributed by atoms with Crippen LogP contribution in [0.2, 0.25) is 0 Å². The Bertz CT molecular complexity index is 705. The van der Waals surface area contributed by atoms with Gasteiger partial charge in [-0.2, -0.15) is 0 Å². The molecule has 0 bridgehead atoms. The second kappa shape index (κ2) is 7.30. The molecule has 2 rings (SSSR count). The summed E-state index contributed by atoms with van der Waals surface area (Å²) in [5.41, 5.74) is 1.95. The Morgan fingerprint density at radius 1 is 1.04 bits per heavy atom. The third-order valence-electron chi connectivity index (χ3n) is 4.24. The molecule has 2 aromatic rings. The summed E-state index contributed by atoms with van der Waals surface area (Å²) in [4.78, 5) is 23.5. The first-order chi connectivity index (χ1) is 11.3. The predicted octanol–water partition coefficient (Wildman–Crippen LogP) is 3.87. The molecule has 0 aromatic heterocycles. The summed E-state index contributed by atoms with van der Waals surface area (Å²) in [7, 11) is 0. The number of benzene rings is 2. The number of carbonyl (C=O) groups is 2. The van der Waals surface area contributed by atoms with E-state index in [1.54, 1.807) is 6.92 Å². The number of amides is 1. The summed E-state index contributed by atoms with van der Waals surface area (Å²) >= 11 is 0. The molecule has 0 spiro atoms. The van der Waals surface area contributed by atoms with E-state index in [9.17, 15) is 9.59 Å². The predicted molar refractivity (Wildman–Crippen MR) is 95.0 cm³/mol. The quantitative estimate of drug-likeness (QED) is 0.847. The molecule has 24 heavy (non-hydrogen) atoms. The van der Waals surface area contributed by atoms with E-state index < -0.39 is 17.3 Å². The van der Waals surface area contributed by atoms with Crippen LogP contribution >= 0.6 is 0 Å². The molecular formula is C20H23NO3. The van der Waals surface area contributed by atoms with Crippen molar-refractivity contribution in [3.63, 3.8) is 0 Å². The molecule has 1 amide bonds. The van der Waals surface area contributed by atoms with Gasteiger partial charge in [-0.05, 0) is 43.5 Å². The van der Waals surface area contributed by atoms with Gasteiger partial charge < -0.3 is 10.4 Å². The Hall–Kier alpha value is -2.62. The number of carboxylic acid groups (broad SMARTS) is 1. The Balaban J connectivity index is 2.05. The Labute approximate surface area is 142 Å². The lowest BCUT2D eigenvalue weighted by molar-refractivity contribution is -0.141. The van der Waals surface area contributed by atoms with E-state index in [-0.39, 0.29) is 5.91 Å². The van der Waals surface area contributed by atoms with Gasteiger partial charge in [-0.3, -0.25) is 9.59 Å². The maximum atomic E-state index is 12.6. The van der Waals surface area contributed by atoms with Crippen LogP contribution in [0.3, 0.4) is 0 Å². The lowest BCUT2D eigenvalue weighted by Gasteiger charge is -2.24. The van der Waals surface area contributed by atoms with Crippen LogP contribution in [-0.4, -0.2) is 17.0 Å². The zero-order valence-electron chi connectivity index (χ0n) is 14.2. The lowest BCUT2D eigenvalue weighted by Crippen LogP contribution is -2.34. The van der Waals surface area contributed by atoms with Crippen LogP contribution in [0.25, 0.3) is 0 Å². The average molecular weight is 325 g/mol. The van der Waals surface area contributed by atoms with Gasteiger partial charge in [-0.25, -0.2) is 0 Å². The van der Waals surface area contributed by atoms with Crippen LogP contribution in [0.4, 0.5) is 5.69 Å². The molecule has 0 heterocycles. The fourth-order valence-electron chi connectivity index (χ4n) is 2.44. The van der Waals surface area contributed by atoms with Crippen molar-refractivity contribution in [2.24, 2.45) is 5.92 Å². The number of nitrogens with one attached hydrogen (secondary N) is 1. The highest BCUT2D eigenvalue weighted by atomic mass is 16.4. The molecule has 126 valence electrons. The molecule has 0 saturated heterocycles. The third kappa shape index (κ3) is 4.22. The van der Waals surface area contributed by atoms with Crippen molar-refractivity contribution in [1.29, 1.82) is 0 Å². The first-order valence-electron chi connectivity index (χ1n) is 7.99. The molecule has 1 atom stereocenters. The minimum Gasteiger partial charge on any atom is -0.481 e. The topological polar surface area (TPSA) is 66.4 Å². The highest BCUT2D eigenvalue weighted by Crippen LogP contribution is 2.25. The summed E-state index contributed by atoms with van der Waals surface area (Å²) in [6.07, 6.45) is 0.471. The molecule has 0 aliphatic carbocycles. The van der Waals surface area contributed by atoms with E-state index >= 15 is 0 Å². The van der Waals surface area contributed by atoms with Crippen molar-refractivity contribution >= 4 is 17.6 Å². The highest BCUT2D eigenvalue weighted by Gasteiger charge is 2.29. The number of aliphatic carboxylic acids is 1. The monoisotopic (exact) mass is 325 g/mol. The normalized spacial score (nSPS) is 12.5. The maximum absolute atomic E-state index is 12.6. The Morgan fingerprint density at radius 3 is 2.17 bits per heavy atom. The van der Waals surface area contributed by atoms with Crippen LogP contribution < -0.4 is 5.32 Å². The largest absolute Gasteiger partial charge is 0.481 e. The van der Waals surface area contributed by atoms with E-state index in [2.05, 4.69) is 5.32 Å². The van der Waals surface area contributed by atoms with E-state index in [0.717, 1.165) is 11.1 Å². The number of hydrogen-bond donors (Lipinski definition) is 2. The number of rotatable bonds is 6. The maximum Gasteiger partial charge on any atom is 0.306 e.